The average molecular weight is 413 g/mol. The van der Waals surface area contributed by atoms with E-state index in [0.717, 1.165) is 27.6 Å². The first kappa shape index (κ1) is 19.1. The molecule has 1 aliphatic heterocycles. The molecule has 0 amide bonds. The van der Waals surface area contributed by atoms with E-state index >= 15 is 0 Å². The van der Waals surface area contributed by atoms with Crippen molar-refractivity contribution in [1.29, 1.82) is 0 Å². The number of ketones is 1. The molecule has 0 radical (unpaired) electrons. The van der Waals surface area contributed by atoms with Crippen molar-refractivity contribution in [3.8, 4) is 11.5 Å². The van der Waals surface area contributed by atoms with Gasteiger partial charge in [-0.05, 0) is 48.4 Å². The molecule has 2 heterocycles. The number of halogens is 1. The monoisotopic (exact) mass is 413 g/mol. The number of fused-ring (bicyclic) bond motifs is 2. The van der Waals surface area contributed by atoms with E-state index in [0.29, 0.717) is 17.1 Å². The first-order chi connectivity index (χ1) is 15.0. The first-order valence-corrected chi connectivity index (χ1v) is 10.00. The minimum Gasteiger partial charge on any atom is -0.489 e. The lowest BCUT2D eigenvalue weighted by molar-refractivity contribution is 0.101. The number of hydrogen-bond donors (Lipinski definition) is 0. The number of para-hydroxylation sites is 1. The van der Waals surface area contributed by atoms with E-state index in [4.69, 9.17) is 9.47 Å². The van der Waals surface area contributed by atoms with Crippen LogP contribution >= 0.6 is 0 Å². The highest BCUT2D eigenvalue weighted by atomic mass is 19.1. The van der Waals surface area contributed by atoms with Crippen molar-refractivity contribution in [2.45, 2.75) is 13.5 Å². The summed E-state index contributed by atoms with van der Waals surface area (Å²) < 4.78 is 27.2. The van der Waals surface area contributed by atoms with Crippen LogP contribution in [0.15, 0.2) is 72.6 Å². The smallest absolute Gasteiger partial charge is 0.232 e. The summed E-state index contributed by atoms with van der Waals surface area (Å²) in [5.41, 5.74) is 4.06. The normalized spacial score (nSPS) is 14.2. The Morgan fingerprint density at radius 2 is 1.94 bits per heavy atom. The Labute approximate surface area is 179 Å². The number of aromatic nitrogens is 1. The molecule has 4 aromatic rings. The van der Waals surface area contributed by atoms with Gasteiger partial charge in [-0.15, -0.1) is 0 Å². The second kappa shape index (κ2) is 7.43. The molecular weight excluding hydrogens is 393 g/mol. The number of ether oxygens (including phenoxy) is 2. The van der Waals surface area contributed by atoms with Gasteiger partial charge >= 0.3 is 0 Å². The van der Waals surface area contributed by atoms with Gasteiger partial charge in [-0.3, -0.25) is 4.79 Å². The Morgan fingerprint density at radius 1 is 1.10 bits per heavy atom. The fraction of sp³-hybridized carbons (Fsp3) is 0.115. The van der Waals surface area contributed by atoms with Gasteiger partial charge in [0.25, 0.3) is 0 Å². The number of allylic oxidation sites excluding steroid dienone is 1. The highest BCUT2D eigenvalue weighted by Gasteiger charge is 2.30. The van der Waals surface area contributed by atoms with Crippen LogP contribution in [0, 0.1) is 12.7 Å². The van der Waals surface area contributed by atoms with E-state index in [9.17, 15) is 9.18 Å². The van der Waals surface area contributed by atoms with Gasteiger partial charge in [-0.1, -0.05) is 30.3 Å². The molecule has 0 saturated heterocycles. The standard InChI is InChI=1S/C26H20FNO3/c1-16-10-20(30-15-17-6-5-7-19(27)11-17)13-23-25(16)26(29)24(31-23)12-18-14-28(2)22-9-4-3-8-21(18)22/h3-14H,15H2,1-2H3/b24-12-. The summed E-state index contributed by atoms with van der Waals surface area (Å²) in [7, 11) is 1.97. The molecule has 0 spiro atoms. The minimum absolute atomic E-state index is 0.142. The SMILES string of the molecule is Cc1cc(OCc2cccc(F)c2)cc2c1C(=O)/C(=C/c1cn(C)c3ccccc13)O2. The second-order valence-corrected chi connectivity index (χ2v) is 7.68. The molecule has 4 nitrogen and oxygen atoms in total. The lowest BCUT2D eigenvalue weighted by Crippen LogP contribution is -2.00. The summed E-state index contributed by atoms with van der Waals surface area (Å²) in [4.78, 5) is 13.0. The Balaban J connectivity index is 1.43. The topological polar surface area (TPSA) is 40.5 Å². The molecule has 5 rings (SSSR count). The molecule has 0 bridgehead atoms. The molecule has 0 aliphatic carbocycles. The van der Waals surface area contributed by atoms with Crippen molar-refractivity contribution in [2.75, 3.05) is 0 Å². The third kappa shape index (κ3) is 3.48. The van der Waals surface area contributed by atoms with Crippen LogP contribution in [0.1, 0.15) is 27.0 Å². The Hall–Kier alpha value is -3.86. The zero-order chi connectivity index (χ0) is 21.5. The molecule has 1 aromatic heterocycles. The molecule has 0 atom stereocenters. The number of carbonyl (C=O) groups excluding carboxylic acids is 1. The molecule has 5 heteroatoms. The van der Waals surface area contributed by atoms with Crippen LogP contribution in [0.4, 0.5) is 4.39 Å². The van der Waals surface area contributed by atoms with Crippen molar-refractivity contribution in [2.24, 2.45) is 7.05 Å². The summed E-state index contributed by atoms with van der Waals surface area (Å²) in [6.45, 7) is 2.08. The number of benzene rings is 3. The van der Waals surface area contributed by atoms with Gasteiger partial charge in [0.1, 0.15) is 23.9 Å². The summed E-state index contributed by atoms with van der Waals surface area (Å²) in [6.07, 6.45) is 3.77. The van der Waals surface area contributed by atoms with Crippen LogP contribution in [0.5, 0.6) is 11.5 Å². The molecule has 0 N–H and O–H groups in total. The van der Waals surface area contributed by atoms with Crippen LogP contribution in [-0.2, 0) is 13.7 Å². The van der Waals surface area contributed by atoms with Gasteiger partial charge in [0.05, 0.1) is 5.56 Å². The molecule has 31 heavy (non-hydrogen) atoms. The maximum atomic E-state index is 13.4. The predicted octanol–water partition coefficient (Wildman–Crippen LogP) is 5.82. The summed E-state index contributed by atoms with van der Waals surface area (Å²) in [6, 6.07) is 17.8. The van der Waals surface area contributed by atoms with E-state index in [1.54, 1.807) is 30.3 Å². The Kier molecular flexibility index (Phi) is 4.59. The van der Waals surface area contributed by atoms with Crippen LogP contribution in [-0.4, -0.2) is 10.4 Å². The van der Waals surface area contributed by atoms with Gasteiger partial charge in [-0.25, -0.2) is 4.39 Å². The fourth-order valence-corrected chi connectivity index (χ4v) is 3.98. The molecule has 1 aliphatic rings. The number of carbonyl (C=O) groups is 1. The lowest BCUT2D eigenvalue weighted by Gasteiger charge is -2.09. The third-order valence-electron chi connectivity index (χ3n) is 5.45. The predicted molar refractivity (Wildman–Crippen MR) is 118 cm³/mol. The van der Waals surface area contributed by atoms with Gasteiger partial charge < -0.3 is 14.0 Å². The largest absolute Gasteiger partial charge is 0.489 e. The number of rotatable bonds is 4. The Morgan fingerprint density at radius 3 is 2.77 bits per heavy atom. The quantitative estimate of drug-likeness (QED) is 0.396. The zero-order valence-electron chi connectivity index (χ0n) is 17.2. The van der Waals surface area contributed by atoms with Crippen molar-refractivity contribution in [1.82, 2.24) is 4.57 Å². The van der Waals surface area contributed by atoms with E-state index in [1.165, 1.54) is 12.1 Å². The third-order valence-corrected chi connectivity index (χ3v) is 5.45. The van der Waals surface area contributed by atoms with Gasteiger partial charge in [0.2, 0.25) is 5.78 Å². The number of nitrogens with zero attached hydrogens (tertiary/aromatic N) is 1. The number of Topliss-reactive ketones (excluding diaryl/α,β-unsaturated/α-hetero) is 1. The average Bonchev–Trinajstić information content (AvgIpc) is 3.24. The van der Waals surface area contributed by atoms with Crippen LogP contribution < -0.4 is 9.47 Å². The number of aryl methyl sites for hydroxylation is 2. The first-order valence-electron chi connectivity index (χ1n) is 10.00. The number of hydrogen-bond acceptors (Lipinski definition) is 3. The van der Waals surface area contributed by atoms with Gasteiger partial charge in [0.15, 0.2) is 5.76 Å². The van der Waals surface area contributed by atoms with E-state index < -0.39 is 0 Å². The van der Waals surface area contributed by atoms with Crippen LogP contribution in [0.2, 0.25) is 0 Å². The molecule has 0 saturated carbocycles. The van der Waals surface area contributed by atoms with Crippen LogP contribution in [0.25, 0.3) is 17.0 Å². The summed E-state index contributed by atoms with van der Waals surface area (Å²) in [5, 5.41) is 1.06. The highest BCUT2D eigenvalue weighted by molar-refractivity contribution is 6.16. The minimum atomic E-state index is -0.302. The van der Waals surface area contributed by atoms with Crippen LogP contribution in [0.3, 0.4) is 0 Å². The van der Waals surface area contributed by atoms with Crippen molar-refractivity contribution >= 4 is 22.8 Å². The maximum absolute atomic E-state index is 13.4. The van der Waals surface area contributed by atoms with E-state index in [2.05, 4.69) is 0 Å². The zero-order valence-corrected chi connectivity index (χ0v) is 17.2. The van der Waals surface area contributed by atoms with E-state index in [-0.39, 0.29) is 24.0 Å². The fourth-order valence-electron chi connectivity index (χ4n) is 3.98. The molecule has 0 unspecified atom stereocenters. The van der Waals surface area contributed by atoms with Crippen molar-refractivity contribution in [3.05, 3.63) is 101 Å². The lowest BCUT2D eigenvalue weighted by atomic mass is 10.0. The maximum Gasteiger partial charge on any atom is 0.232 e. The van der Waals surface area contributed by atoms with Crippen molar-refractivity contribution < 1.29 is 18.7 Å². The van der Waals surface area contributed by atoms with Crippen molar-refractivity contribution in [3.63, 3.8) is 0 Å². The second-order valence-electron chi connectivity index (χ2n) is 7.68. The Bertz CT molecular complexity index is 1370. The molecule has 3 aromatic carbocycles. The van der Waals surface area contributed by atoms with Gasteiger partial charge in [0, 0.05) is 35.8 Å². The highest BCUT2D eigenvalue weighted by Crippen LogP contribution is 2.38. The summed E-state index contributed by atoms with van der Waals surface area (Å²) in [5.74, 6) is 0.891. The van der Waals surface area contributed by atoms with Gasteiger partial charge in [-0.2, -0.15) is 0 Å². The molecule has 0 fully saturated rings. The summed E-state index contributed by atoms with van der Waals surface area (Å²) >= 11 is 0. The molecular formula is C26H20FNO3. The molecule has 154 valence electrons. The van der Waals surface area contributed by atoms with E-state index in [1.807, 2.05) is 49.0 Å².